The van der Waals surface area contributed by atoms with Crippen LogP contribution in [0, 0.1) is 0 Å². The summed E-state index contributed by atoms with van der Waals surface area (Å²) in [5, 5.41) is 11.5. The molecule has 3 aromatic carbocycles. The molecule has 0 radical (unpaired) electrons. The van der Waals surface area contributed by atoms with E-state index in [2.05, 4.69) is 4.99 Å². The van der Waals surface area contributed by atoms with Crippen LogP contribution in [-0.4, -0.2) is 48.4 Å². The normalized spacial score (nSPS) is 18.8. The van der Waals surface area contributed by atoms with Gasteiger partial charge in [-0.2, -0.15) is 13.2 Å². The lowest BCUT2D eigenvalue weighted by molar-refractivity contribution is -0.143. The van der Waals surface area contributed by atoms with Gasteiger partial charge in [0.05, 0.1) is 6.61 Å². The van der Waals surface area contributed by atoms with E-state index < -0.39 is 30.3 Å². The zero-order valence-corrected chi connectivity index (χ0v) is 22.1. The van der Waals surface area contributed by atoms with Crippen molar-refractivity contribution in [2.24, 2.45) is 4.99 Å². The van der Waals surface area contributed by atoms with Crippen molar-refractivity contribution in [3.05, 3.63) is 99.5 Å². The van der Waals surface area contributed by atoms with Gasteiger partial charge in [0.15, 0.2) is 11.6 Å². The first-order chi connectivity index (χ1) is 18.6. The number of carbonyl (C=O) groups excluding carboxylic acids is 1. The summed E-state index contributed by atoms with van der Waals surface area (Å²) in [6.45, 7) is -1.21. The van der Waals surface area contributed by atoms with Crippen LogP contribution in [0.3, 0.4) is 0 Å². The van der Waals surface area contributed by atoms with Gasteiger partial charge in [0.25, 0.3) is 5.91 Å². The Kier molecular flexibility index (Phi) is 9.04. The van der Waals surface area contributed by atoms with Crippen LogP contribution in [0.1, 0.15) is 29.2 Å². The van der Waals surface area contributed by atoms with E-state index in [1.165, 1.54) is 6.07 Å². The molecule has 0 aliphatic carbocycles. The molecule has 0 saturated carbocycles. The molecule has 11 heteroatoms. The molecule has 206 valence electrons. The average molecular weight is 581 g/mol. The summed E-state index contributed by atoms with van der Waals surface area (Å²) in [4.78, 5) is 18.3. The highest BCUT2D eigenvalue weighted by Crippen LogP contribution is 2.45. The Balaban J connectivity index is 1.79. The van der Waals surface area contributed by atoms with Crippen LogP contribution in [0.15, 0.2) is 77.8 Å². The number of nitrogens with one attached hydrogen (secondary N) is 1. The molecule has 0 bridgehead atoms. The number of ether oxygens (including phenoxy) is 2. The predicted molar refractivity (Wildman–Crippen MR) is 142 cm³/mol. The fourth-order valence-electron chi connectivity index (χ4n) is 4.21. The van der Waals surface area contributed by atoms with Crippen LogP contribution < -0.4 is 10.1 Å². The molecular weight excluding hydrogens is 556 g/mol. The van der Waals surface area contributed by atoms with E-state index in [4.69, 9.17) is 37.8 Å². The quantitative estimate of drug-likeness (QED) is 0.291. The van der Waals surface area contributed by atoms with Gasteiger partial charge in [0.1, 0.15) is 12.3 Å². The Labute approximate surface area is 233 Å². The summed E-state index contributed by atoms with van der Waals surface area (Å²) < 4.78 is 51.2. The molecule has 0 fully saturated rings. The molecule has 0 spiro atoms. The first-order valence-electron chi connectivity index (χ1n) is 12.1. The van der Waals surface area contributed by atoms with Gasteiger partial charge in [-0.3, -0.25) is 4.79 Å². The molecule has 0 unspecified atom stereocenters. The minimum Gasteiger partial charge on any atom is -0.494 e. The first kappa shape index (κ1) is 28.7. The maximum Gasteiger partial charge on any atom is 0.405 e. The van der Waals surface area contributed by atoms with Gasteiger partial charge < -0.3 is 19.9 Å². The lowest BCUT2D eigenvalue weighted by atomic mass is 9.82. The number of aliphatic hydroxyl groups excluding tert-OH is 1. The molecule has 1 amide bonds. The molecule has 1 aliphatic heterocycles. The second-order valence-corrected chi connectivity index (χ2v) is 9.76. The summed E-state index contributed by atoms with van der Waals surface area (Å²) in [6, 6.07) is 20.1. The van der Waals surface area contributed by atoms with E-state index in [1.807, 2.05) is 5.32 Å². The minimum absolute atomic E-state index is 0.00270. The summed E-state index contributed by atoms with van der Waals surface area (Å²) in [5.74, 6) is -0.355. The highest BCUT2D eigenvalue weighted by molar-refractivity contribution is 6.35. The van der Waals surface area contributed by atoms with Crippen LogP contribution >= 0.6 is 23.2 Å². The van der Waals surface area contributed by atoms with Crippen molar-refractivity contribution in [3.63, 3.8) is 0 Å². The van der Waals surface area contributed by atoms with E-state index in [1.54, 1.807) is 66.7 Å². The molecule has 1 aliphatic rings. The number of aliphatic hydroxyl groups is 1. The third-order valence-corrected chi connectivity index (χ3v) is 6.60. The molecule has 2 N–H and O–H groups in total. The van der Waals surface area contributed by atoms with Crippen LogP contribution in [0.25, 0.3) is 0 Å². The number of hydrogen-bond donors (Lipinski definition) is 2. The molecule has 3 aromatic rings. The van der Waals surface area contributed by atoms with Gasteiger partial charge in [-0.05, 0) is 42.0 Å². The van der Waals surface area contributed by atoms with Crippen molar-refractivity contribution in [2.45, 2.75) is 30.7 Å². The van der Waals surface area contributed by atoms with Crippen LogP contribution in [0.2, 0.25) is 10.0 Å². The van der Waals surface area contributed by atoms with Gasteiger partial charge in [0.2, 0.25) is 5.90 Å². The number of aliphatic imine (C=N–C) groups is 1. The largest absolute Gasteiger partial charge is 0.494 e. The average Bonchev–Trinajstić information content (AvgIpc) is 3.28. The summed E-state index contributed by atoms with van der Waals surface area (Å²) in [6.07, 6.45) is -5.39. The van der Waals surface area contributed by atoms with Gasteiger partial charge >= 0.3 is 6.18 Å². The Morgan fingerprint density at radius 2 is 1.79 bits per heavy atom. The molecule has 6 nitrogen and oxygen atoms in total. The molecule has 4 rings (SSSR count). The second kappa shape index (κ2) is 12.3. The fraction of sp³-hybridized carbons (Fsp3) is 0.286. The molecule has 0 saturated heterocycles. The molecule has 2 atom stereocenters. The number of carbonyl (C=O) groups is 1. The lowest BCUT2D eigenvalue weighted by Gasteiger charge is -2.31. The van der Waals surface area contributed by atoms with Gasteiger partial charge in [-0.1, -0.05) is 59.6 Å². The van der Waals surface area contributed by atoms with Gasteiger partial charge in [-0.15, -0.1) is 0 Å². The number of hydrogen-bond acceptors (Lipinski definition) is 5. The third-order valence-electron chi connectivity index (χ3n) is 6.04. The summed E-state index contributed by atoms with van der Waals surface area (Å²) >= 11 is 12.6. The second-order valence-electron chi connectivity index (χ2n) is 8.92. The van der Waals surface area contributed by atoms with Crippen LogP contribution in [0.4, 0.5) is 13.2 Å². The monoisotopic (exact) mass is 580 g/mol. The summed E-state index contributed by atoms with van der Waals surface area (Å²) in [5.41, 5.74) is -0.327. The molecule has 0 aromatic heterocycles. The van der Waals surface area contributed by atoms with Gasteiger partial charge in [-0.25, -0.2) is 4.99 Å². The van der Waals surface area contributed by atoms with Crippen LogP contribution in [-0.2, 0) is 16.0 Å². The minimum atomic E-state index is -4.63. The highest BCUT2D eigenvalue weighted by atomic mass is 35.5. The van der Waals surface area contributed by atoms with Crippen molar-refractivity contribution in [3.8, 4) is 5.75 Å². The molecule has 1 heterocycles. The lowest BCUT2D eigenvalue weighted by Crippen LogP contribution is -2.51. The zero-order valence-electron chi connectivity index (χ0n) is 20.6. The van der Waals surface area contributed by atoms with Gasteiger partial charge in [0, 0.05) is 40.6 Å². The Bertz CT molecular complexity index is 1320. The number of rotatable bonds is 10. The predicted octanol–water partition coefficient (Wildman–Crippen LogP) is 5.93. The standard InChI is InChI=1S/C28H25Cl2F3N2O4/c29-20-9-12-22(23(30)15-20)24-27(16-18-5-2-1-3-6-18,26(37)34-17-28(31,32)33)35-25(39-24)19-7-10-21(11-8-19)38-14-4-13-36/h1-3,5-12,15,24,36H,4,13-14,16-17H2,(H,34,37)/t24-,27-/m1/s1. The van der Waals surface area contributed by atoms with E-state index in [0.29, 0.717) is 40.5 Å². The van der Waals surface area contributed by atoms with Crippen molar-refractivity contribution in [1.29, 1.82) is 0 Å². The van der Waals surface area contributed by atoms with Crippen LogP contribution in [0.5, 0.6) is 5.75 Å². The van der Waals surface area contributed by atoms with E-state index in [0.717, 1.165) is 0 Å². The fourth-order valence-corrected chi connectivity index (χ4v) is 4.72. The van der Waals surface area contributed by atoms with Crippen molar-refractivity contribution in [1.82, 2.24) is 5.32 Å². The van der Waals surface area contributed by atoms with Crippen molar-refractivity contribution < 1.29 is 32.5 Å². The highest BCUT2D eigenvalue weighted by Gasteiger charge is 2.54. The van der Waals surface area contributed by atoms with Crippen molar-refractivity contribution >= 4 is 35.0 Å². The Hall–Kier alpha value is -3.27. The Morgan fingerprint density at radius 3 is 2.44 bits per heavy atom. The van der Waals surface area contributed by atoms with E-state index in [9.17, 15) is 18.0 Å². The first-order valence-corrected chi connectivity index (χ1v) is 12.8. The zero-order chi connectivity index (χ0) is 28.0. The number of alkyl halides is 3. The maximum absolute atomic E-state index is 13.7. The van der Waals surface area contributed by atoms with E-state index in [-0.39, 0.29) is 23.9 Å². The number of amides is 1. The number of benzene rings is 3. The number of halogens is 5. The molecule has 39 heavy (non-hydrogen) atoms. The third kappa shape index (κ3) is 7.03. The maximum atomic E-state index is 13.7. The Morgan fingerprint density at radius 1 is 1.08 bits per heavy atom. The molecular formula is C28H25Cl2F3N2O4. The smallest absolute Gasteiger partial charge is 0.405 e. The SMILES string of the molecule is O=C(NCC(F)(F)F)[C@]1(Cc2ccccc2)N=C(c2ccc(OCCCO)cc2)O[C@@H]1c1ccc(Cl)cc1Cl. The summed E-state index contributed by atoms with van der Waals surface area (Å²) in [7, 11) is 0. The topological polar surface area (TPSA) is 80.2 Å². The van der Waals surface area contributed by atoms with Crippen molar-refractivity contribution in [2.75, 3.05) is 19.8 Å². The van der Waals surface area contributed by atoms with E-state index >= 15 is 0 Å². The number of nitrogens with zero attached hydrogens (tertiary/aromatic N) is 1.